The summed E-state index contributed by atoms with van der Waals surface area (Å²) in [5, 5.41) is 12.2. The number of allylic oxidation sites excluding steroid dienone is 1. The van der Waals surface area contributed by atoms with Crippen LogP contribution in [-0.2, 0) is 0 Å². The Morgan fingerprint density at radius 2 is 2.19 bits per heavy atom. The van der Waals surface area contributed by atoms with Crippen LogP contribution in [0, 0.1) is 3.57 Å². The summed E-state index contributed by atoms with van der Waals surface area (Å²) in [6.45, 7) is 4.46. The molecular weight excluding hydrogens is 317 g/mol. The monoisotopic (exact) mass is 331 g/mol. The molecule has 2 N–H and O–H groups in total. The Hall–Kier alpha value is -1.04. The van der Waals surface area contributed by atoms with Crippen LogP contribution in [0.5, 0.6) is 5.75 Å². The Labute approximate surface area is 109 Å². The van der Waals surface area contributed by atoms with Gasteiger partial charge in [-0.3, -0.25) is 4.79 Å². The summed E-state index contributed by atoms with van der Waals surface area (Å²) < 4.78 is 0.735. The Kier molecular flexibility index (Phi) is 4.79. The van der Waals surface area contributed by atoms with Crippen molar-refractivity contribution < 1.29 is 9.90 Å². The highest BCUT2D eigenvalue weighted by Gasteiger charge is 2.06. The quantitative estimate of drug-likeness (QED) is 0.661. The molecule has 86 valence electrons. The molecule has 1 rings (SSSR count). The van der Waals surface area contributed by atoms with Crippen LogP contribution in [0.2, 0.25) is 0 Å². The average molecular weight is 331 g/mol. The van der Waals surface area contributed by atoms with Crippen molar-refractivity contribution >= 4 is 28.5 Å². The number of benzene rings is 1. The van der Waals surface area contributed by atoms with E-state index in [1.54, 1.807) is 12.1 Å². The number of carbonyl (C=O) groups excluding carboxylic acids is 1. The Balaban J connectivity index is 2.66. The summed E-state index contributed by atoms with van der Waals surface area (Å²) >= 11 is 2.01. The number of halogens is 1. The highest BCUT2D eigenvalue weighted by molar-refractivity contribution is 14.1. The fourth-order valence-electron chi connectivity index (χ4n) is 1.10. The smallest absolute Gasteiger partial charge is 0.251 e. The van der Waals surface area contributed by atoms with Crippen LogP contribution in [0.1, 0.15) is 24.2 Å². The topological polar surface area (TPSA) is 49.3 Å². The molecule has 0 saturated heterocycles. The van der Waals surface area contributed by atoms with Gasteiger partial charge < -0.3 is 10.4 Å². The van der Waals surface area contributed by atoms with Gasteiger partial charge in [0.2, 0.25) is 0 Å². The maximum atomic E-state index is 11.6. The summed E-state index contributed by atoms with van der Waals surface area (Å²) in [6, 6.07) is 4.88. The molecule has 0 aliphatic rings. The number of rotatable bonds is 3. The molecular formula is C12H14INO2. The van der Waals surface area contributed by atoms with Gasteiger partial charge in [-0.15, -0.1) is 0 Å². The Morgan fingerprint density at radius 3 is 2.75 bits per heavy atom. The van der Waals surface area contributed by atoms with Gasteiger partial charge in [0, 0.05) is 12.1 Å². The lowest BCUT2D eigenvalue weighted by Crippen LogP contribution is -2.23. The van der Waals surface area contributed by atoms with Crippen LogP contribution in [-0.4, -0.2) is 17.6 Å². The second kappa shape index (κ2) is 5.89. The van der Waals surface area contributed by atoms with E-state index in [-0.39, 0.29) is 11.7 Å². The molecule has 0 heterocycles. The number of nitrogens with one attached hydrogen (secondary N) is 1. The third-order valence-corrected chi connectivity index (χ3v) is 2.89. The predicted molar refractivity (Wildman–Crippen MR) is 72.6 cm³/mol. The summed E-state index contributed by atoms with van der Waals surface area (Å²) in [4.78, 5) is 11.6. The number of amides is 1. The van der Waals surface area contributed by atoms with E-state index in [1.165, 1.54) is 6.07 Å². The second-order valence-corrected chi connectivity index (χ2v) is 4.82. The highest BCUT2D eigenvalue weighted by atomic mass is 127. The molecule has 0 saturated carbocycles. The van der Waals surface area contributed by atoms with Gasteiger partial charge in [-0.1, -0.05) is 11.6 Å². The number of aromatic hydroxyl groups is 1. The van der Waals surface area contributed by atoms with Gasteiger partial charge in [0.25, 0.3) is 5.91 Å². The molecule has 4 heteroatoms. The van der Waals surface area contributed by atoms with Crippen molar-refractivity contribution in [1.29, 1.82) is 0 Å². The number of carbonyl (C=O) groups is 1. The lowest BCUT2D eigenvalue weighted by molar-refractivity contribution is 0.0957. The number of phenolic OH excluding ortho intramolecular Hbond substituents is 1. The molecule has 1 aromatic carbocycles. The van der Waals surface area contributed by atoms with Crippen LogP contribution in [0.3, 0.4) is 0 Å². The predicted octanol–water partition coefficient (Wildman–Crippen LogP) is 2.69. The lowest BCUT2D eigenvalue weighted by atomic mass is 10.2. The summed E-state index contributed by atoms with van der Waals surface area (Å²) in [5.74, 6) is -0.0420. The van der Waals surface area contributed by atoms with Crippen molar-refractivity contribution in [2.24, 2.45) is 0 Å². The van der Waals surface area contributed by atoms with Crippen molar-refractivity contribution in [3.8, 4) is 5.75 Å². The van der Waals surface area contributed by atoms with E-state index < -0.39 is 0 Å². The van der Waals surface area contributed by atoms with Gasteiger partial charge in [-0.05, 0) is 54.6 Å². The first-order valence-corrected chi connectivity index (χ1v) is 5.98. The molecule has 1 aromatic rings. The van der Waals surface area contributed by atoms with Crippen LogP contribution in [0.15, 0.2) is 29.8 Å². The molecule has 1 amide bonds. The molecule has 0 bridgehead atoms. The van der Waals surface area contributed by atoms with Crippen molar-refractivity contribution in [3.63, 3.8) is 0 Å². The first-order chi connectivity index (χ1) is 7.50. The third kappa shape index (κ3) is 3.84. The molecule has 0 unspecified atom stereocenters. The molecule has 0 fully saturated rings. The average Bonchev–Trinajstić information content (AvgIpc) is 2.21. The van der Waals surface area contributed by atoms with E-state index in [2.05, 4.69) is 5.32 Å². The van der Waals surface area contributed by atoms with Gasteiger partial charge in [-0.25, -0.2) is 0 Å². The standard InChI is InChI=1S/C12H14INO2/c1-8(2)5-6-14-12(16)9-3-4-10(13)11(15)7-9/h3-5,7,15H,6H2,1-2H3,(H,14,16). The zero-order valence-corrected chi connectivity index (χ0v) is 11.4. The fraction of sp³-hybridized carbons (Fsp3) is 0.250. The van der Waals surface area contributed by atoms with Crippen molar-refractivity contribution in [2.75, 3.05) is 6.54 Å². The number of hydrogen-bond donors (Lipinski definition) is 2. The zero-order chi connectivity index (χ0) is 12.1. The summed E-state index contributed by atoms with van der Waals surface area (Å²) in [7, 11) is 0. The minimum Gasteiger partial charge on any atom is -0.507 e. The fourth-order valence-corrected chi connectivity index (χ4v) is 1.44. The molecule has 16 heavy (non-hydrogen) atoms. The summed E-state index contributed by atoms with van der Waals surface area (Å²) in [5.41, 5.74) is 1.63. The van der Waals surface area contributed by atoms with E-state index in [4.69, 9.17) is 0 Å². The van der Waals surface area contributed by atoms with E-state index in [0.717, 1.165) is 9.14 Å². The van der Waals surface area contributed by atoms with E-state index in [1.807, 2.05) is 42.5 Å². The molecule has 3 nitrogen and oxygen atoms in total. The molecule has 0 aliphatic carbocycles. The number of phenols is 1. The van der Waals surface area contributed by atoms with Gasteiger partial charge in [0.05, 0.1) is 3.57 Å². The van der Waals surface area contributed by atoms with Crippen molar-refractivity contribution in [3.05, 3.63) is 39.0 Å². The van der Waals surface area contributed by atoms with Crippen LogP contribution >= 0.6 is 22.6 Å². The largest absolute Gasteiger partial charge is 0.507 e. The molecule has 0 spiro atoms. The first-order valence-electron chi connectivity index (χ1n) is 4.91. The van der Waals surface area contributed by atoms with Crippen LogP contribution < -0.4 is 5.32 Å². The van der Waals surface area contributed by atoms with E-state index in [0.29, 0.717) is 12.1 Å². The second-order valence-electron chi connectivity index (χ2n) is 3.66. The molecule has 0 radical (unpaired) electrons. The first kappa shape index (κ1) is 13.0. The summed E-state index contributed by atoms with van der Waals surface area (Å²) in [6.07, 6.45) is 1.93. The maximum Gasteiger partial charge on any atom is 0.251 e. The van der Waals surface area contributed by atoms with E-state index in [9.17, 15) is 9.90 Å². The SMILES string of the molecule is CC(C)=CCNC(=O)c1ccc(I)c(O)c1. The zero-order valence-electron chi connectivity index (χ0n) is 9.25. The van der Waals surface area contributed by atoms with Gasteiger partial charge in [0.15, 0.2) is 0 Å². The molecule has 0 aliphatic heterocycles. The molecule has 0 atom stereocenters. The minimum atomic E-state index is -0.177. The Bertz CT molecular complexity index is 423. The van der Waals surface area contributed by atoms with Gasteiger partial charge in [0.1, 0.15) is 5.75 Å². The lowest BCUT2D eigenvalue weighted by Gasteiger charge is -2.04. The highest BCUT2D eigenvalue weighted by Crippen LogP contribution is 2.20. The number of hydrogen-bond acceptors (Lipinski definition) is 2. The molecule has 0 aromatic heterocycles. The minimum absolute atomic E-state index is 0.135. The van der Waals surface area contributed by atoms with Gasteiger partial charge in [-0.2, -0.15) is 0 Å². The van der Waals surface area contributed by atoms with Crippen LogP contribution in [0.4, 0.5) is 0 Å². The van der Waals surface area contributed by atoms with Crippen LogP contribution in [0.25, 0.3) is 0 Å². The normalized spacial score (nSPS) is 9.69. The van der Waals surface area contributed by atoms with E-state index >= 15 is 0 Å². The maximum absolute atomic E-state index is 11.6. The van der Waals surface area contributed by atoms with Crippen molar-refractivity contribution in [2.45, 2.75) is 13.8 Å². The third-order valence-electron chi connectivity index (χ3n) is 1.98. The Morgan fingerprint density at radius 1 is 1.50 bits per heavy atom. The van der Waals surface area contributed by atoms with Crippen molar-refractivity contribution in [1.82, 2.24) is 5.32 Å². The van der Waals surface area contributed by atoms with Gasteiger partial charge >= 0.3 is 0 Å².